The highest BCUT2D eigenvalue weighted by atomic mass is 16.5. The standard InChI is InChI=1S/C20H36N2O6/c1-14(2)16(5)21(27)12-10-20(19(25)26,9-7-8-18(23)24)11-13-22(28)17(6)15(3)4/h12-17H,7-11H2,1-6H3,(H,23,24)(H,25,26)/b21-12+,22-13+. The summed E-state index contributed by atoms with van der Waals surface area (Å²) in [5, 5.41) is 43.3. The number of aliphatic carboxylic acids is 2. The Kier molecular flexibility index (Phi) is 10.8. The molecule has 0 amide bonds. The summed E-state index contributed by atoms with van der Waals surface area (Å²) < 4.78 is 1.51. The van der Waals surface area contributed by atoms with E-state index < -0.39 is 17.4 Å². The van der Waals surface area contributed by atoms with Gasteiger partial charge in [0.05, 0.1) is 5.41 Å². The molecule has 2 unspecified atom stereocenters. The highest BCUT2D eigenvalue weighted by molar-refractivity contribution is 5.81. The van der Waals surface area contributed by atoms with Gasteiger partial charge in [-0.05, 0) is 26.7 Å². The summed E-state index contributed by atoms with van der Waals surface area (Å²) in [6.07, 6.45) is 2.55. The van der Waals surface area contributed by atoms with Gasteiger partial charge in [0, 0.05) is 31.1 Å². The van der Waals surface area contributed by atoms with Crippen molar-refractivity contribution in [2.75, 3.05) is 0 Å². The van der Waals surface area contributed by atoms with E-state index in [-0.39, 0.29) is 56.0 Å². The molecule has 28 heavy (non-hydrogen) atoms. The molecule has 0 bridgehead atoms. The fraction of sp³-hybridized carbons (Fsp3) is 0.800. The Hall–Kier alpha value is -2.12. The summed E-state index contributed by atoms with van der Waals surface area (Å²) in [5.41, 5.74) is -1.39. The molecule has 0 fully saturated rings. The van der Waals surface area contributed by atoms with Gasteiger partial charge in [-0.1, -0.05) is 27.7 Å². The van der Waals surface area contributed by atoms with Gasteiger partial charge in [-0.2, -0.15) is 0 Å². The number of carboxylic acids is 2. The molecule has 0 aromatic carbocycles. The van der Waals surface area contributed by atoms with Crippen LogP contribution in [0, 0.1) is 27.7 Å². The number of hydrogen-bond acceptors (Lipinski definition) is 4. The minimum Gasteiger partial charge on any atom is -0.624 e. The van der Waals surface area contributed by atoms with Crippen LogP contribution in [0.5, 0.6) is 0 Å². The molecule has 0 aliphatic rings. The molecular formula is C20H36N2O6. The lowest BCUT2D eigenvalue weighted by Gasteiger charge is -2.27. The van der Waals surface area contributed by atoms with Crippen LogP contribution in [0.4, 0.5) is 0 Å². The smallest absolute Gasteiger partial charge is 0.310 e. The average Bonchev–Trinajstić information content (AvgIpc) is 2.60. The van der Waals surface area contributed by atoms with Crippen LogP contribution in [-0.4, -0.2) is 56.1 Å². The maximum absolute atomic E-state index is 12.3. The van der Waals surface area contributed by atoms with Crippen LogP contribution >= 0.6 is 0 Å². The van der Waals surface area contributed by atoms with Crippen LogP contribution in [0.3, 0.4) is 0 Å². The predicted molar refractivity (Wildman–Crippen MR) is 109 cm³/mol. The third-order valence-corrected chi connectivity index (χ3v) is 5.56. The van der Waals surface area contributed by atoms with Crippen LogP contribution in [0.25, 0.3) is 0 Å². The molecule has 0 saturated heterocycles. The molecule has 0 aliphatic heterocycles. The van der Waals surface area contributed by atoms with E-state index in [1.807, 2.05) is 27.7 Å². The van der Waals surface area contributed by atoms with Gasteiger partial charge in [0.15, 0.2) is 24.5 Å². The monoisotopic (exact) mass is 400 g/mol. The van der Waals surface area contributed by atoms with Gasteiger partial charge in [0.2, 0.25) is 0 Å². The van der Waals surface area contributed by atoms with Gasteiger partial charge in [0.1, 0.15) is 0 Å². The van der Waals surface area contributed by atoms with Crippen molar-refractivity contribution in [1.82, 2.24) is 0 Å². The zero-order chi connectivity index (χ0) is 22.1. The third kappa shape index (κ3) is 8.27. The number of nitrogens with zero attached hydrogens (tertiary/aromatic N) is 2. The number of carbonyl (C=O) groups is 2. The normalized spacial score (nSPS) is 17.4. The largest absolute Gasteiger partial charge is 0.624 e. The van der Waals surface area contributed by atoms with Gasteiger partial charge < -0.3 is 20.6 Å². The second kappa shape index (κ2) is 11.7. The van der Waals surface area contributed by atoms with Gasteiger partial charge in [-0.25, -0.2) is 9.48 Å². The lowest BCUT2D eigenvalue weighted by Crippen LogP contribution is -2.36. The Bertz CT molecular complexity index is 551. The zero-order valence-electron chi connectivity index (χ0n) is 17.9. The Morgan fingerprint density at radius 1 is 0.893 bits per heavy atom. The summed E-state index contributed by atoms with van der Waals surface area (Å²) in [6.45, 7) is 11.1. The second-order valence-corrected chi connectivity index (χ2v) is 8.30. The van der Waals surface area contributed by atoms with Crippen LogP contribution in [0.1, 0.15) is 73.6 Å². The first-order valence-corrected chi connectivity index (χ1v) is 9.86. The number of hydroxylamine groups is 2. The van der Waals surface area contributed by atoms with E-state index in [0.717, 1.165) is 9.48 Å². The molecule has 0 spiro atoms. The summed E-state index contributed by atoms with van der Waals surface area (Å²) in [4.78, 5) is 22.9. The van der Waals surface area contributed by atoms with E-state index >= 15 is 0 Å². The molecule has 0 saturated carbocycles. The van der Waals surface area contributed by atoms with E-state index in [1.54, 1.807) is 13.8 Å². The minimum absolute atomic E-state index is 0.0649. The van der Waals surface area contributed by atoms with Crippen LogP contribution in [0.2, 0.25) is 0 Å². The van der Waals surface area contributed by atoms with Gasteiger partial charge in [0.25, 0.3) is 0 Å². The zero-order valence-corrected chi connectivity index (χ0v) is 17.9. The van der Waals surface area contributed by atoms with Crippen molar-refractivity contribution >= 4 is 24.4 Å². The summed E-state index contributed by atoms with van der Waals surface area (Å²) >= 11 is 0. The van der Waals surface area contributed by atoms with Gasteiger partial charge in [-0.15, -0.1) is 0 Å². The Balaban J connectivity index is 5.69. The molecule has 0 heterocycles. The predicted octanol–water partition coefficient (Wildman–Crippen LogP) is 3.34. The van der Waals surface area contributed by atoms with Gasteiger partial charge >= 0.3 is 11.9 Å². The summed E-state index contributed by atoms with van der Waals surface area (Å²) in [6, 6.07) is -0.627. The van der Waals surface area contributed by atoms with E-state index in [9.17, 15) is 25.1 Å². The molecule has 8 nitrogen and oxygen atoms in total. The number of hydrogen-bond donors (Lipinski definition) is 2. The van der Waals surface area contributed by atoms with E-state index in [1.165, 1.54) is 12.4 Å². The molecule has 8 heteroatoms. The first-order chi connectivity index (χ1) is 12.8. The Labute approximate surface area is 167 Å². The fourth-order valence-electron chi connectivity index (χ4n) is 2.60. The first-order valence-electron chi connectivity index (χ1n) is 9.86. The lowest BCUT2D eigenvalue weighted by atomic mass is 9.77. The highest BCUT2D eigenvalue weighted by Gasteiger charge is 2.39. The maximum Gasteiger partial charge on any atom is 0.310 e. The highest BCUT2D eigenvalue weighted by Crippen LogP contribution is 2.32. The van der Waals surface area contributed by atoms with Crippen molar-refractivity contribution < 1.29 is 29.3 Å². The molecule has 0 aliphatic carbocycles. The van der Waals surface area contributed by atoms with Crippen LogP contribution < -0.4 is 0 Å². The van der Waals surface area contributed by atoms with Crippen molar-refractivity contribution in [3.63, 3.8) is 0 Å². The van der Waals surface area contributed by atoms with Crippen molar-refractivity contribution in [3.8, 4) is 0 Å². The molecule has 0 rings (SSSR count). The Morgan fingerprint density at radius 3 is 1.57 bits per heavy atom. The second-order valence-electron chi connectivity index (χ2n) is 8.30. The summed E-state index contributed by atoms with van der Waals surface area (Å²) in [5.74, 6) is -1.96. The molecule has 0 aromatic heterocycles. The van der Waals surface area contributed by atoms with Crippen LogP contribution in [0.15, 0.2) is 0 Å². The molecule has 0 radical (unpaired) electrons. The van der Waals surface area contributed by atoms with E-state index in [0.29, 0.717) is 0 Å². The lowest BCUT2D eigenvalue weighted by molar-refractivity contribution is -0.503. The third-order valence-electron chi connectivity index (χ3n) is 5.56. The molecule has 2 N–H and O–H groups in total. The number of rotatable bonds is 13. The van der Waals surface area contributed by atoms with Crippen molar-refractivity contribution in [1.29, 1.82) is 0 Å². The fourth-order valence-corrected chi connectivity index (χ4v) is 2.60. The van der Waals surface area contributed by atoms with E-state index in [2.05, 4.69) is 0 Å². The van der Waals surface area contributed by atoms with Crippen molar-refractivity contribution in [2.24, 2.45) is 17.3 Å². The molecule has 0 aromatic rings. The topological polar surface area (TPSA) is 127 Å². The molecule has 2 atom stereocenters. The maximum atomic E-state index is 12.3. The Morgan fingerprint density at radius 2 is 1.29 bits per heavy atom. The molecular weight excluding hydrogens is 364 g/mol. The number of carboxylic acid groups (broad SMARTS) is 2. The molecule has 162 valence electrons. The first kappa shape index (κ1) is 25.9. The minimum atomic E-state index is -1.39. The van der Waals surface area contributed by atoms with Crippen LogP contribution in [-0.2, 0) is 9.59 Å². The van der Waals surface area contributed by atoms with Crippen molar-refractivity contribution in [2.45, 2.75) is 85.7 Å². The SMILES string of the molecule is CC(C)C(C)/[N+]([O-])=C\CC(C/C=[N+](/[O-])C(C)C(C)C)(CCCC(=O)O)C(=O)O. The quantitative estimate of drug-likeness (QED) is 0.211. The van der Waals surface area contributed by atoms with Gasteiger partial charge in [-0.3, -0.25) is 9.59 Å². The van der Waals surface area contributed by atoms with E-state index in [4.69, 9.17) is 5.11 Å². The summed E-state index contributed by atoms with van der Waals surface area (Å²) in [7, 11) is 0. The van der Waals surface area contributed by atoms with Crippen molar-refractivity contribution in [3.05, 3.63) is 10.4 Å². The average molecular weight is 401 g/mol.